The predicted molar refractivity (Wildman–Crippen MR) is 78.2 cm³/mol. The zero-order valence-electron chi connectivity index (χ0n) is 11.6. The summed E-state index contributed by atoms with van der Waals surface area (Å²) < 4.78 is 26.8. The van der Waals surface area contributed by atoms with Gasteiger partial charge in [-0.2, -0.15) is 0 Å². The second-order valence-electron chi connectivity index (χ2n) is 5.31. The van der Waals surface area contributed by atoms with Crippen LogP contribution in [0.2, 0.25) is 0 Å². The molecule has 0 aromatic heterocycles. The molecule has 1 saturated carbocycles. The number of nitrogens with zero attached hydrogens (tertiary/aromatic N) is 1. The third-order valence-corrected chi connectivity index (χ3v) is 5.30. The number of nitro groups is 1. The number of hydrogen-bond acceptors (Lipinski definition) is 5. The van der Waals surface area contributed by atoms with Crippen molar-refractivity contribution in [2.75, 3.05) is 6.54 Å². The molecule has 0 heterocycles. The van der Waals surface area contributed by atoms with E-state index in [0.717, 1.165) is 25.7 Å². The topological polar surface area (TPSA) is 115 Å². The lowest BCUT2D eigenvalue weighted by molar-refractivity contribution is -0.384. The van der Waals surface area contributed by atoms with Gasteiger partial charge in [0.15, 0.2) is 0 Å². The van der Waals surface area contributed by atoms with Gasteiger partial charge in [-0.15, -0.1) is 0 Å². The largest absolute Gasteiger partial charge is 0.327 e. The number of nitrogens with one attached hydrogen (secondary N) is 1. The summed E-state index contributed by atoms with van der Waals surface area (Å²) in [6.07, 6.45) is 4.00. The number of hydrogen-bond donors (Lipinski definition) is 2. The Hall–Kier alpha value is -1.51. The van der Waals surface area contributed by atoms with Crippen molar-refractivity contribution in [2.24, 2.45) is 11.7 Å². The van der Waals surface area contributed by atoms with Gasteiger partial charge in [-0.05, 0) is 30.9 Å². The molecule has 0 amide bonds. The molecule has 0 spiro atoms. The fourth-order valence-electron chi connectivity index (χ4n) is 2.54. The van der Waals surface area contributed by atoms with Gasteiger partial charge < -0.3 is 5.73 Å². The number of nitrogens with two attached hydrogens (primary N) is 1. The van der Waals surface area contributed by atoms with Gasteiger partial charge in [0.05, 0.1) is 9.82 Å². The first kappa shape index (κ1) is 15.9. The zero-order valence-corrected chi connectivity index (χ0v) is 12.4. The highest BCUT2D eigenvalue weighted by molar-refractivity contribution is 7.89. The lowest BCUT2D eigenvalue weighted by Crippen LogP contribution is -2.41. The van der Waals surface area contributed by atoms with Crippen molar-refractivity contribution in [3.8, 4) is 0 Å². The van der Waals surface area contributed by atoms with E-state index in [4.69, 9.17) is 5.73 Å². The molecule has 8 heteroatoms. The molecular formula is C13H19N3O4S. The smallest absolute Gasteiger partial charge is 0.269 e. The molecule has 3 N–H and O–H groups in total. The molecule has 0 saturated heterocycles. The van der Waals surface area contributed by atoms with Crippen molar-refractivity contribution >= 4 is 15.7 Å². The van der Waals surface area contributed by atoms with Crippen molar-refractivity contribution in [3.63, 3.8) is 0 Å². The lowest BCUT2D eigenvalue weighted by Gasteiger charge is -2.28. The number of sulfonamides is 1. The highest BCUT2D eigenvalue weighted by Crippen LogP contribution is 2.23. The molecule has 0 aliphatic heterocycles. The highest BCUT2D eigenvalue weighted by atomic mass is 32.2. The summed E-state index contributed by atoms with van der Waals surface area (Å²) in [4.78, 5) is 10.0. The van der Waals surface area contributed by atoms with Crippen LogP contribution < -0.4 is 10.5 Å². The van der Waals surface area contributed by atoms with Crippen molar-refractivity contribution in [1.82, 2.24) is 4.72 Å². The van der Waals surface area contributed by atoms with Gasteiger partial charge in [0.1, 0.15) is 0 Å². The number of nitro benzene ring substituents is 1. The summed E-state index contributed by atoms with van der Waals surface area (Å²) in [5.74, 6) is 0.145. The van der Waals surface area contributed by atoms with E-state index in [2.05, 4.69) is 4.72 Å². The average molecular weight is 313 g/mol. The minimum absolute atomic E-state index is 0.0254. The molecule has 1 aliphatic carbocycles. The Morgan fingerprint density at radius 1 is 1.24 bits per heavy atom. The standard InChI is InChI=1S/C13H19N3O4S/c14-13-4-2-1-3-10(13)9-15-21(19,20)12-7-5-11(6-8-12)16(17)18/h5-8,10,13,15H,1-4,9,14H2/t10-,13-/m0/s1. The number of benzene rings is 1. The summed E-state index contributed by atoms with van der Waals surface area (Å²) in [5.41, 5.74) is 5.85. The molecule has 1 aliphatic rings. The molecular weight excluding hydrogens is 294 g/mol. The quantitative estimate of drug-likeness (QED) is 0.629. The minimum atomic E-state index is -3.65. The van der Waals surface area contributed by atoms with E-state index >= 15 is 0 Å². The third kappa shape index (κ3) is 3.99. The van der Waals surface area contributed by atoms with Gasteiger partial charge in [0.25, 0.3) is 5.69 Å². The Balaban J connectivity index is 2.02. The first-order valence-electron chi connectivity index (χ1n) is 6.90. The summed E-state index contributed by atoms with van der Waals surface area (Å²) in [7, 11) is -3.65. The first-order chi connectivity index (χ1) is 9.90. The number of rotatable bonds is 5. The Labute approximate surface area is 123 Å². The maximum Gasteiger partial charge on any atom is 0.269 e. The van der Waals surface area contributed by atoms with Crippen LogP contribution in [0.1, 0.15) is 25.7 Å². The van der Waals surface area contributed by atoms with Crippen LogP contribution >= 0.6 is 0 Å². The van der Waals surface area contributed by atoms with E-state index < -0.39 is 14.9 Å². The molecule has 1 fully saturated rings. The molecule has 1 aromatic rings. The highest BCUT2D eigenvalue weighted by Gasteiger charge is 2.24. The van der Waals surface area contributed by atoms with Crippen molar-refractivity contribution in [2.45, 2.75) is 36.6 Å². The molecule has 21 heavy (non-hydrogen) atoms. The van der Waals surface area contributed by atoms with E-state index in [1.807, 2.05) is 0 Å². The molecule has 1 aromatic carbocycles. The van der Waals surface area contributed by atoms with E-state index in [0.29, 0.717) is 6.54 Å². The van der Waals surface area contributed by atoms with Crippen LogP contribution in [0.3, 0.4) is 0 Å². The Morgan fingerprint density at radius 2 is 1.86 bits per heavy atom. The zero-order chi connectivity index (χ0) is 15.5. The van der Waals surface area contributed by atoms with Gasteiger partial charge in [-0.1, -0.05) is 12.8 Å². The van der Waals surface area contributed by atoms with Gasteiger partial charge in [-0.3, -0.25) is 10.1 Å². The summed E-state index contributed by atoms with van der Waals surface area (Å²) in [6.45, 7) is 0.306. The molecule has 0 bridgehead atoms. The Morgan fingerprint density at radius 3 is 2.43 bits per heavy atom. The van der Waals surface area contributed by atoms with Crippen molar-refractivity contribution in [3.05, 3.63) is 34.4 Å². The maximum absolute atomic E-state index is 12.1. The second kappa shape index (κ2) is 6.50. The van der Waals surface area contributed by atoms with Crippen LogP contribution in [0.4, 0.5) is 5.69 Å². The summed E-state index contributed by atoms with van der Waals surface area (Å²) in [5, 5.41) is 10.6. The van der Waals surface area contributed by atoms with Gasteiger partial charge in [-0.25, -0.2) is 13.1 Å². The Bertz CT molecular complexity index is 600. The van der Waals surface area contributed by atoms with Crippen LogP contribution in [0.5, 0.6) is 0 Å². The van der Waals surface area contributed by atoms with Crippen LogP contribution in [0.25, 0.3) is 0 Å². The molecule has 116 valence electrons. The van der Waals surface area contributed by atoms with E-state index in [-0.39, 0.29) is 22.5 Å². The minimum Gasteiger partial charge on any atom is -0.327 e. The third-order valence-electron chi connectivity index (χ3n) is 3.86. The molecule has 2 atom stereocenters. The van der Waals surface area contributed by atoms with E-state index in [1.165, 1.54) is 24.3 Å². The van der Waals surface area contributed by atoms with Gasteiger partial charge >= 0.3 is 0 Å². The predicted octanol–water partition coefficient (Wildman–Crippen LogP) is 1.39. The second-order valence-corrected chi connectivity index (χ2v) is 7.08. The fraction of sp³-hybridized carbons (Fsp3) is 0.538. The van der Waals surface area contributed by atoms with Crippen LogP contribution in [0, 0.1) is 16.0 Å². The van der Waals surface area contributed by atoms with Crippen LogP contribution in [-0.2, 0) is 10.0 Å². The van der Waals surface area contributed by atoms with Gasteiger partial charge in [0.2, 0.25) is 10.0 Å². The summed E-state index contributed by atoms with van der Waals surface area (Å²) in [6, 6.07) is 4.86. The SMILES string of the molecule is N[C@H]1CCCC[C@H]1CNS(=O)(=O)c1ccc([N+](=O)[O-])cc1. The molecule has 2 rings (SSSR count). The monoisotopic (exact) mass is 313 g/mol. The Kier molecular flexibility index (Phi) is 4.92. The molecule has 0 unspecified atom stereocenters. The fourth-order valence-corrected chi connectivity index (χ4v) is 3.63. The first-order valence-corrected chi connectivity index (χ1v) is 8.38. The summed E-state index contributed by atoms with van der Waals surface area (Å²) >= 11 is 0. The molecule has 7 nitrogen and oxygen atoms in total. The lowest BCUT2D eigenvalue weighted by atomic mass is 9.85. The van der Waals surface area contributed by atoms with E-state index in [9.17, 15) is 18.5 Å². The average Bonchev–Trinajstić information content (AvgIpc) is 2.46. The number of non-ortho nitro benzene ring substituents is 1. The normalized spacial score (nSPS) is 22.9. The van der Waals surface area contributed by atoms with Crippen molar-refractivity contribution < 1.29 is 13.3 Å². The van der Waals surface area contributed by atoms with Crippen LogP contribution in [0.15, 0.2) is 29.2 Å². The maximum atomic E-state index is 12.1. The van der Waals surface area contributed by atoms with E-state index in [1.54, 1.807) is 0 Å². The van der Waals surface area contributed by atoms with Crippen molar-refractivity contribution in [1.29, 1.82) is 0 Å². The van der Waals surface area contributed by atoms with Gasteiger partial charge in [0, 0.05) is 24.7 Å². The van der Waals surface area contributed by atoms with Crippen LogP contribution in [-0.4, -0.2) is 25.9 Å². The molecule has 0 radical (unpaired) electrons.